The molecule has 8 heteroatoms. The molecule has 1 aliphatic heterocycles. The summed E-state index contributed by atoms with van der Waals surface area (Å²) in [4.78, 5) is 31.1. The highest BCUT2D eigenvalue weighted by molar-refractivity contribution is 14.1. The molecule has 2 heterocycles. The van der Waals surface area contributed by atoms with E-state index < -0.39 is 0 Å². The second kappa shape index (κ2) is 10.1. The van der Waals surface area contributed by atoms with E-state index >= 15 is 0 Å². The van der Waals surface area contributed by atoms with E-state index in [0.717, 1.165) is 53.1 Å². The van der Waals surface area contributed by atoms with Gasteiger partial charge in [-0.1, -0.05) is 23.7 Å². The number of aromatic amines is 1. The summed E-state index contributed by atoms with van der Waals surface area (Å²) in [6.45, 7) is 4.42. The van der Waals surface area contributed by atoms with Gasteiger partial charge < -0.3 is 15.0 Å². The lowest BCUT2D eigenvalue weighted by Crippen LogP contribution is -2.35. The van der Waals surface area contributed by atoms with Gasteiger partial charge in [-0.3, -0.25) is 14.5 Å². The second-order valence-electron chi connectivity index (χ2n) is 7.61. The molecule has 1 saturated heterocycles. The summed E-state index contributed by atoms with van der Waals surface area (Å²) in [5, 5.41) is 4.14. The van der Waals surface area contributed by atoms with E-state index in [0.29, 0.717) is 22.5 Å². The Bertz CT molecular complexity index is 1140. The van der Waals surface area contributed by atoms with Gasteiger partial charge >= 0.3 is 0 Å². The molecule has 6 nitrogen and oxygen atoms in total. The molecule has 1 aromatic heterocycles. The van der Waals surface area contributed by atoms with E-state index in [1.807, 2.05) is 18.2 Å². The van der Waals surface area contributed by atoms with Crippen LogP contribution in [0.4, 0.5) is 0 Å². The van der Waals surface area contributed by atoms with Crippen molar-refractivity contribution in [1.82, 2.24) is 15.2 Å². The molecule has 3 aromatic rings. The first-order chi connectivity index (χ1) is 15.0. The predicted molar refractivity (Wildman–Crippen MR) is 130 cm³/mol. The van der Waals surface area contributed by atoms with Crippen LogP contribution in [-0.4, -0.2) is 42.1 Å². The predicted octanol–water partition coefficient (Wildman–Crippen LogP) is 3.48. The highest BCUT2D eigenvalue weighted by atomic mass is 127. The topological polar surface area (TPSA) is 74.4 Å². The normalized spacial score (nSPS) is 14.6. The molecule has 0 unspecified atom stereocenters. The van der Waals surface area contributed by atoms with Gasteiger partial charge in [-0.25, -0.2) is 0 Å². The molecule has 4 rings (SSSR count). The maximum atomic E-state index is 13.1. The van der Waals surface area contributed by atoms with E-state index in [1.165, 1.54) is 0 Å². The standard InChI is InChI=1S/C23H23ClIN3O3/c24-18-3-1-15(2-4-18)12-26-21(29)11-17-13-27-22-19(23(17)30)9-16(10-20(22)25)14-28-5-7-31-8-6-28/h1-4,9-10,13H,5-8,11-12,14H2,(H,26,29)(H,27,30). The van der Waals surface area contributed by atoms with Crippen molar-refractivity contribution in [3.05, 3.63) is 78.1 Å². The molecule has 1 aliphatic rings. The van der Waals surface area contributed by atoms with E-state index in [9.17, 15) is 9.59 Å². The van der Waals surface area contributed by atoms with Crippen LogP contribution in [0, 0.1) is 3.57 Å². The second-order valence-corrected chi connectivity index (χ2v) is 9.21. The van der Waals surface area contributed by atoms with Crippen LogP contribution < -0.4 is 10.7 Å². The third-order valence-electron chi connectivity index (χ3n) is 5.34. The lowest BCUT2D eigenvalue weighted by molar-refractivity contribution is -0.120. The number of fused-ring (bicyclic) bond motifs is 1. The average molecular weight is 552 g/mol. The van der Waals surface area contributed by atoms with Crippen LogP contribution in [0.2, 0.25) is 5.02 Å². The van der Waals surface area contributed by atoms with Gasteiger partial charge in [0.2, 0.25) is 5.91 Å². The SMILES string of the molecule is O=C(Cc1c[nH]c2c(I)cc(CN3CCOCC3)cc2c1=O)NCc1ccc(Cl)cc1. The van der Waals surface area contributed by atoms with Gasteiger partial charge in [0.25, 0.3) is 0 Å². The van der Waals surface area contributed by atoms with Crippen LogP contribution >= 0.6 is 34.2 Å². The number of pyridine rings is 1. The van der Waals surface area contributed by atoms with Gasteiger partial charge in [-0.2, -0.15) is 0 Å². The summed E-state index contributed by atoms with van der Waals surface area (Å²) in [6.07, 6.45) is 1.68. The van der Waals surface area contributed by atoms with Crippen molar-refractivity contribution in [1.29, 1.82) is 0 Å². The number of aromatic nitrogens is 1. The molecule has 1 fully saturated rings. The molecule has 0 spiro atoms. The number of rotatable bonds is 6. The lowest BCUT2D eigenvalue weighted by atomic mass is 10.1. The largest absolute Gasteiger partial charge is 0.379 e. The minimum absolute atomic E-state index is 0.0309. The summed E-state index contributed by atoms with van der Waals surface area (Å²) >= 11 is 8.14. The molecule has 2 N–H and O–H groups in total. The van der Waals surface area contributed by atoms with Crippen molar-refractivity contribution in [2.24, 2.45) is 0 Å². The van der Waals surface area contributed by atoms with E-state index in [2.05, 4.69) is 43.9 Å². The Balaban J connectivity index is 1.49. The van der Waals surface area contributed by atoms with Gasteiger partial charge in [0.1, 0.15) is 0 Å². The Labute approximate surface area is 199 Å². The zero-order valence-corrected chi connectivity index (χ0v) is 19.8. The van der Waals surface area contributed by atoms with E-state index in [4.69, 9.17) is 16.3 Å². The monoisotopic (exact) mass is 551 g/mol. The molecule has 0 aliphatic carbocycles. The molecular formula is C23H23ClIN3O3. The van der Waals surface area contributed by atoms with Gasteiger partial charge in [0.15, 0.2) is 5.43 Å². The first-order valence-electron chi connectivity index (χ1n) is 10.1. The fourth-order valence-electron chi connectivity index (χ4n) is 3.66. The lowest BCUT2D eigenvalue weighted by Gasteiger charge is -2.26. The van der Waals surface area contributed by atoms with E-state index in [-0.39, 0.29) is 17.8 Å². The van der Waals surface area contributed by atoms with Gasteiger partial charge in [0.05, 0.1) is 25.2 Å². The maximum absolute atomic E-state index is 13.1. The van der Waals surface area contributed by atoms with Gasteiger partial charge in [-0.15, -0.1) is 0 Å². The van der Waals surface area contributed by atoms with Crippen LogP contribution in [0.1, 0.15) is 16.7 Å². The van der Waals surface area contributed by atoms with Crippen LogP contribution in [0.15, 0.2) is 47.4 Å². The average Bonchev–Trinajstić information content (AvgIpc) is 2.76. The number of carbonyl (C=O) groups is 1. The van der Waals surface area contributed by atoms with Crippen molar-refractivity contribution in [3.63, 3.8) is 0 Å². The summed E-state index contributed by atoms with van der Waals surface area (Å²) < 4.78 is 6.41. The Hall–Kier alpha value is -1.94. The number of benzene rings is 2. The minimum Gasteiger partial charge on any atom is -0.379 e. The van der Waals surface area contributed by atoms with Gasteiger partial charge in [0, 0.05) is 51.9 Å². The number of morpholine rings is 1. The summed E-state index contributed by atoms with van der Waals surface area (Å²) in [5.41, 5.74) is 3.21. The first-order valence-corrected chi connectivity index (χ1v) is 11.6. The molecule has 2 aromatic carbocycles. The zero-order valence-electron chi connectivity index (χ0n) is 16.9. The molecule has 0 bridgehead atoms. The molecule has 0 saturated carbocycles. The number of nitrogens with one attached hydrogen (secondary N) is 2. The molecule has 162 valence electrons. The highest BCUT2D eigenvalue weighted by Gasteiger charge is 2.15. The number of halogens is 2. The molecular weight excluding hydrogens is 529 g/mol. The zero-order chi connectivity index (χ0) is 21.8. The van der Waals surface area contributed by atoms with E-state index in [1.54, 1.807) is 18.3 Å². The number of nitrogens with zero attached hydrogens (tertiary/aromatic N) is 1. The number of amides is 1. The Morgan fingerprint density at radius 3 is 2.65 bits per heavy atom. The number of carbonyl (C=O) groups excluding carboxylic acids is 1. The maximum Gasteiger partial charge on any atom is 0.224 e. The van der Waals surface area contributed by atoms with Crippen LogP contribution in [0.5, 0.6) is 0 Å². The Morgan fingerprint density at radius 1 is 1.16 bits per heavy atom. The molecule has 0 radical (unpaired) electrons. The van der Waals surface area contributed by atoms with Crippen LogP contribution in [0.25, 0.3) is 10.9 Å². The first kappa shape index (κ1) is 22.3. The van der Waals surface area contributed by atoms with Crippen molar-refractivity contribution >= 4 is 51.0 Å². The number of hydrogen-bond acceptors (Lipinski definition) is 4. The van der Waals surface area contributed by atoms with Gasteiger partial charge in [-0.05, 0) is 58.0 Å². The van der Waals surface area contributed by atoms with Crippen LogP contribution in [-0.2, 0) is 29.0 Å². The fourth-order valence-corrected chi connectivity index (χ4v) is 4.64. The highest BCUT2D eigenvalue weighted by Crippen LogP contribution is 2.21. The number of ether oxygens (including phenoxy) is 1. The van der Waals surface area contributed by atoms with Crippen molar-refractivity contribution in [2.45, 2.75) is 19.5 Å². The molecule has 31 heavy (non-hydrogen) atoms. The number of H-pyrrole nitrogens is 1. The summed E-state index contributed by atoms with van der Waals surface area (Å²) in [6, 6.07) is 11.3. The Kier molecular flexibility index (Phi) is 7.27. The molecule has 1 amide bonds. The quantitative estimate of drug-likeness (QED) is 0.460. The number of hydrogen-bond donors (Lipinski definition) is 2. The third kappa shape index (κ3) is 5.65. The van der Waals surface area contributed by atoms with Crippen molar-refractivity contribution in [3.8, 4) is 0 Å². The third-order valence-corrected chi connectivity index (χ3v) is 6.44. The van der Waals surface area contributed by atoms with Crippen molar-refractivity contribution in [2.75, 3.05) is 26.3 Å². The minimum atomic E-state index is -0.195. The summed E-state index contributed by atoms with van der Waals surface area (Å²) in [5.74, 6) is -0.195. The Morgan fingerprint density at radius 2 is 1.90 bits per heavy atom. The van der Waals surface area contributed by atoms with Crippen molar-refractivity contribution < 1.29 is 9.53 Å². The molecule has 0 atom stereocenters. The fraction of sp³-hybridized carbons (Fsp3) is 0.304. The summed E-state index contributed by atoms with van der Waals surface area (Å²) in [7, 11) is 0. The van der Waals surface area contributed by atoms with Crippen LogP contribution in [0.3, 0.4) is 0 Å². The smallest absolute Gasteiger partial charge is 0.224 e.